The van der Waals surface area contributed by atoms with Crippen LogP contribution in [0.4, 0.5) is 0 Å². The van der Waals surface area contributed by atoms with Crippen molar-refractivity contribution in [1.82, 2.24) is 5.43 Å². The number of carbonyl (C=O) groups excluding carboxylic acids is 2. The Morgan fingerprint density at radius 3 is 2.27 bits per heavy atom. The zero-order valence-electron chi connectivity index (χ0n) is 23.9. The molecule has 1 N–H and O–H groups in total. The Hall–Kier alpha value is -3.84. The van der Waals surface area contributed by atoms with Crippen LogP contribution < -0.4 is 19.6 Å². The van der Waals surface area contributed by atoms with E-state index in [2.05, 4.69) is 45.1 Å². The van der Waals surface area contributed by atoms with Crippen LogP contribution in [0.5, 0.6) is 17.2 Å². The molecule has 1 amide bonds. The SMILES string of the molecule is CCOc1cc(C=NNC(=O)COc2ccc(C(C)(C)CC(C)(C)C)cc2)ccc1OC(=O)c1ccccc1Cl. The molecule has 0 saturated carbocycles. The zero-order valence-corrected chi connectivity index (χ0v) is 24.7. The fourth-order valence-corrected chi connectivity index (χ4v) is 4.74. The van der Waals surface area contributed by atoms with Crippen LogP contribution in [-0.4, -0.2) is 31.3 Å². The number of hydrogen-bond donors (Lipinski definition) is 1. The van der Waals surface area contributed by atoms with E-state index in [0.717, 1.165) is 6.42 Å². The van der Waals surface area contributed by atoms with Crippen molar-refractivity contribution in [2.75, 3.05) is 13.2 Å². The number of halogens is 1. The van der Waals surface area contributed by atoms with Crippen LogP contribution in [0.3, 0.4) is 0 Å². The number of nitrogens with one attached hydrogen (secondary N) is 1. The monoisotopic (exact) mass is 564 g/mol. The number of hydrazone groups is 1. The van der Waals surface area contributed by atoms with Crippen molar-refractivity contribution < 1.29 is 23.8 Å². The largest absolute Gasteiger partial charge is 0.490 e. The average molecular weight is 565 g/mol. The van der Waals surface area contributed by atoms with Crippen molar-refractivity contribution in [3.05, 3.63) is 88.4 Å². The van der Waals surface area contributed by atoms with Crippen LogP contribution in [0, 0.1) is 5.41 Å². The highest BCUT2D eigenvalue weighted by Gasteiger charge is 2.27. The molecule has 3 aromatic carbocycles. The minimum absolute atomic E-state index is 0.0282. The van der Waals surface area contributed by atoms with Crippen LogP contribution >= 0.6 is 11.6 Å². The predicted molar refractivity (Wildman–Crippen MR) is 159 cm³/mol. The molecule has 7 nitrogen and oxygen atoms in total. The van der Waals surface area contributed by atoms with Crippen LogP contribution in [0.15, 0.2) is 71.8 Å². The molecule has 0 atom stereocenters. The number of rotatable bonds is 11. The fraction of sp³-hybridized carbons (Fsp3) is 0.344. The van der Waals surface area contributed by atoms with E-state index < -0.39 is 11.9 Å². The molecule has 0 aliphatic carbocycles. The Morgan fingerprint density at radius 1 is 0.925 bits per heavy atom. The summed E-state index contributed by atoms with van der Waals surface area (Å²) in [5.74, 6) is 0.217. The minimum atomic E-state index is -0.594. The second kappa shape index (κ2) is 13.5. The normalized spacial score (nSPS) is 11.8. The first kappa shape index (κ1) is 30.7. The summed E-state index contributed by atoms with van der Waals surface area (Å²) in [5.41, 5.74) is 4.81. The van der Waals surface area contributed by atoms with Crippen molar-refractivity contribution in [3.8, 4) is 17.2 Å². The summed E-state index contributed by atoms with van der Waals surface area (Å²) in [5, 5.41) is 4.30. The van der Waals surface area contributed by atoms with E-state index in [0.29, 0.717) is 28.7 Å². The van der Waals surface area contributed by atoms with Gasteiger partial charge in [-0.15, -0.1) is 0 Å². The number of ether oxygens (including phenoxy) is 3. The van der Waals surface area contributed by atoms with E-state index >= 15 is 0 Å². The van der Waals surface area contributed by atoms with Gasteiger partial charge in [0, 0.05) is 0 Å². The molecule has 212 valence electrons. The molecule has 40 heavy (non-hydrogen) atoms. The van der Waals surface area contributed by atoms with E-state index in [-0.39, 0.29) is 28.7 Å². The molecule has 0 saturated heterocycles. The molecule has 0 bridgehead atoms. The quantitative estimate of drug-likeness (QED) is 0.115. The van der Waals surface area contributed by atoms with Crippen molar-refractivity contribution in [2.45, 2.75) is 53.4 Å². The predicted octanol–water partition coefficient (Wildman–Crippen LogP) is 7.20. The second-order valence-electron chi connectivity index (χ2n) is 11.2. The Kier molecular flexibility index (Phi) is 10.3. The molecule has 0 radical (unpaired) electrons. The lowest BCUT2D eigenvalue weighted by molar-refractivity contribution is -0.123. The maximum absolute atomic E-state index is 12.5. The minimum Gasteiger partial charge on any atom is -0.490 e. The summed E-state index contributed by atoms with van der Waals surface area (Å²) in [6.07, 6.45) is 2.51. The molecule has 0 aliphatic heterocycles. The van der Waals surface area contributed by atoms with E-state index in [1.807, 2.05) is 31.2 Å². The van der Waals surface area contributed by atoms with Gasteiger partial charge in [0.25, 0.3) is 5.91 Å². The maximum Gasteiger partial charge on any atom is 0.345 e. The highest BCUT2D eigenvalue weighted by molar-refractivity contribution is 6.33. The van der Waals surface area contributed by atoms with Gasteiger partial charge in [-0.05, 0) is 77.8 Å². The van der Waals surface area contributed by atoms with Gasteiger partial charge in [-0.1, -0.05) is 70.5 Å². The maximum atomic E-state index is 12.5. The Labute approximate surface area is 241 Å². The summed E-state index contributed by atoms with van der Waals surface area (Å²) in [7, 11) is 0. The third-order valence-corrected chi connectivity index (χ3v) is 6.27. The molecular weight excluding hydrogens is 528 g/mol. The standard InChI is InChI=1S/C32H37ClN2O5/c1-7-38-28-18-22(12-17-27(28)40-30(37)25-10-8-9-11-26(25)33)19-34-35-29(36)20-39-24-15-13-23(14-16-24)32(5,6)21-31(2,3)4/h8-19H,7,20-21H2,1-6H3,(H,35,36). The smallest absolute Gasteiger partial charge is 0.345 e. The first-order chi connectivity index (χ1) is 18.9. The lowest BCUT2D eigenvalue weighted by Gasteiger charge is -2.33. The van der Waals surface area contributed by atoms with E-state index in [4.69, 9.17) is 25.8 Å². The number of nitrogens with zero attached hydrogens (tertiary/aromatic N) is 1. The molecule has 8 heteroatoms. The molecule has 0 spiro atoms. The molecule has 0 unspecified atom stereocenters. The van der Waals surface area contributed by atoms with Crippen LogP contribution in [0.25, 0.3) is 0 Å². The summed E-state index contributed by atoms with van der Waals surface area (Å²) in [4.78, 5) is 24.8. The third kappa shape index (κ3) is 9.12. The van der Waals surface area contributed by atoms with E-state index in [1.165, 1.54) is 11.8 Å². The van der Waals surface area contributed by atoms with Crippen molar-refractivity contribution >= 4 is 29.7 Å². The van der Waals surface area contributed by atoms with Gasteiger partial charge >= 0.3 is 5.97 Å². The van der Waals surface area contributed by atoms with Gasteiger partial charge in [0.15, 0.2) is 18.1 Å². The summed E-state index contributed by atoms with van der Waals surface area (Å²) in [6, 6.07) is 19.4. The van der Waals surface area contributed by atoms with Gasteiger partial charge in [0.2, 0.25) is 0 Å². The second-order valence-corrected chi connectivity index (χ2v) is 11.6. The summed E-state index contributed by atoms with van der Waals surface area (Å²) >= 11 is 6.10. The lowest BCUT2D eigenvalue weighted by atomic mass is 9.72. The highest BCUT2D eigenvalue weighted by atomic mass is 35.5. The van der Waals surface area contributed by atoms with Gasteiger partial charge in [0.1, 0.15) is 5.75 Å². The van der Waals surface area contributed by atoms with Gasteiger partial charge in [-0.3, -0.25) is 4.79 Å². The zero-order chi connectivity index (χ0) is 29.3. The Balaban J connectivity index is 1.55. The molecule has 0 heterocycles. The van der Waals surface area contributed by atoms with Crippen molar-refractivity contribution in [3.63, 3.8) is 0 Å². The highest BCUT2D eigenvalue weighted by Crippen LogP contribution is 2.36. The topological polar surface area (TPSA) is 86.2 Å². The molecule has 0 aliphatic rings. The van der Waals surface area contributed by atoms with Gasteiger partial charge in [-0.25, -0.2) is 10.2 Å². The molecule has 3 rings (SSSR count). The Bertz CT molecular complexity index is 1340. The number of carbonyl (C=O) groups is 2. The first-order valence-corrected chi connectivity index (χ1v) is 13.5. The fourth-order valence-electron chi connectivity index (χ4n) is 4.53. The van der Waals surface area contributed by atoms with Gasteiger partial charge < -0.3 is 14.2 Å². The molecule has 0 aromatic heterocycles. The molecular formula is C32H37ClN2O5. The number of hydrogen-bond acceptors (Lipinski definition) is 6. The van der Waals surface area contributed by atoms with Gasteiger partial charge in [-0.2, -0.15) is 5.10 Å². The molecule has 3 aromatic rings. The average Bonchev–Trinajstić information content (AvgIpc) is 2.88. The van der Waals surface area contributed by atoms with Crippen LogP contribution in [0.1, 0.15) is 69.4 Å². The van der Waals surface area contributed by atoms with Crippen molar-refractivity contribution in [2.24, 2.45) is 10.5 Å². The Morgan fingerprint density at radius 2 is 1.62 bits per heavy atom. The summed E-state index contributed by atoms with van der Waals surface area (Å²) < 4.78 is 16.8. The third-order valence-electron chi connectivity index (χ3n) is 5.94. The lowest BCUT2D eigenvalue weighted by Crippen LogP contribution is -2.25. The van der Waals surface area contributed by atoms with Crippen LogP contribution in [0.2, 0.25) is 5.02 Å². The molecule has 0 fully saturated rings. The van der Waals surface area contributed by atoms with E-state index in [1.54, 1.807) is 42.5 Å². The van der Waals surface area contributed by atoms with Gasteiger partial charge in [0.05, 0.1) is 23.4 Å². The number of esters is 1. The first-order valence-electron chi connectivity index (χ1n) is 13.2. The summed E-state index contributed by atoms with van der Waals surface area (Å²) in [6.45, 7) is 13.2. The number of amides is 1. The van der Waals surface area contributed by atoms with Crippen LogP contribution in [-0.2, 0) is 10.2 Å². The van der Waals surface area contributed by atoms with Crippen molar-refractivity contribution in [1.29, 1.82) is 0 Å². The number of benzene rings is 3. The van der Waals surface area contributed by atoms with E-state index in [9.17, 15) is 9.59 Å².